The van der Waals surface area contributed by atoms with E-state index in [0.29, 0.717) is 0 Å². The van der Waals surface area contributed by atoms with E-state index in [2.05, 4.69) is 76.5 Å². The minimum Gasteiger partial charge on any atom is -0.356 e. The SMILES string of the molecule is CN=C(NCCCN1CCN(c2ncccn2)CC1)NCCCn1ccc2ccccc21.I. The van der Waals surface area contributed by atoms with E-state index in [1.54, 1.807) is 0 Å². The molecule has 3 aromatic rings. The zero-order valence-electron chi connectivity index (χ0n) is 19.4. The lowest BCUT2D eigenvalue weighted by Crippen LogP contribution is -2.47. The molecule has 1 aliphatic rings. The molecule has 1 aromatic carbocycles. The van der Waals surface area contributed by atoms with Crippen LogP contribution in [0.3, 0.4) is 0 Å². The summed E-state index contributed by atoms with van der Waals surface area (Å²) in [6.45, 7) is 7.98. The molecule has 0 amide bonds. The highest BCUT2D eigenvalue weighted by Gasteiger charge is 2.18. The molecule has 1 fully saturated rings. The Labute approximate surface area is 213 Å². The van der Waals surface area contributed by atoms with Gasteiger partial charge >= 0.3 is 0 Å². The number of fused-ring (bicyclic) bond motifs is 1. The Balaban J connectivity index is 0.00000306. The van der Waals surface area contributed by atoms with Gasteiger partial charge < -0.3 is 20.1 Å². The number of piperazine rings is 1. The van der Waals surface area contributed by atoms with Crippen molar-refractivity contribution in [3.05, 3.63) is 55.0 Å². The van der Waals surface area contributed by atoms with Crippen LogP contribution in [0.4, 0.5) is 5.95 Å². The third-order valence-electron chi connectivity index (χ3n) is 5.92. The van der Waals surface area contributed by atoms with E-state index in [4.69, 9.17) is 0 Å². The first-order valence-corrected chi connectivity index (χ1v) is 11.6. The standard InChI is InChI=1S/C24H34N8.HI/c1-25-23(27-13-6-15-31-16-9-21-7-2-3-8-22(21)31)26-12-5-14-30-17-19-32(20-18-30)24-28-10-4-11-29-24;/h2-4,7-11,16H,5-6,12-15,17-20H2,1H3,(H2,25,26,27);1H. The monoisotopic (exact) mass is 562 g/mol. The fourth-order valence-electron chi connectivity index (χ4n) is 4.15. The zero-order chi connectivity index (χ0) is 22.0. The number of guanidine groups is 1. The average molecular weight is 563 g/mol. The quantitative estimate of drug-likeness (QED) is 0.181. The maximum absolute atomic E-state index is 4.35. The predicted molar refractivity (Wildman–Crippen MR) is 147 cm³/mol. The number of aliphatic imine (C=N–C) groups is 1. The van der Waals surface area contributed by atoms with Crippen molar-refractivity contribution in [3.8, 4) is 0 Å². The molecule has 33 heavy (non-hydrogen) atoms. The molecular formula is C24H35IN8. The number of anilines is 1. The van der Waals surface area contributed by atoms with Gasteiger partial charge in [0.2, 0.25) is 5.95 Å². The Morgan fingerprint density at radius 3 is 2.33 bits per heavy atom. The van der Waals surface area contributed by atoms with Gasteiger partial charge in [0.1, 0.15) is 0 Å². The van der Waals surface area contributed by atoms with Gasteiger partial charge in [0.15, 0.2) is 5.96 Å². The summed E-state index contributed by atoms with van der Waals surface area (Å²) in [6.07, 6.45) is 7.94. The van der Waals surface area contributed by atoms with Gasteiger partial charge in [-0.1, -0.05) is 18.2 Å². The molecule has 178 valence electrons. The molecule has 0 atom stereocenters. The van der Waals surface area contributed by atoms with Gasteiger partial charge in [-0.15, -0.1) is 24.0 Å². The van der Waals surface area contributed by atoms with Crippen LogP contribution in [0, 0.1) is 0 Å². The molecule has 2 aromatic heterocycles. The van der Waals surface area contributed by atoms with E-state index in [1.165, 1.54) is 10.9 Å². The van der Waals surface area contributed by atoms with Crippen molar-refractivity contribution < 1.29 is 0 Å². The molecule has 0 bridgehead atoms. The lowest BCUT2D eigenvalue weighted by Gasteiger charge is -2.34. The van der Waals surface area contributed by atoms with Crippen molar-refractivity contribution >= 4 is 46.8 Å². The highest BCUT2D eigenvalue weighted by Crippen LogP contribution is 2.15. The molecule has 1 saturated heterocycles. The Hall–Kier alpha value is -2.40. The number of para-hydroxylation sites is 1. The van der Waals surface area contributed by atoms with Crippen LogP contribution < -0.4 is 15.5 Å². The molecule has 2 N–H and O–H groups in total. The van der Waals surface area contributed by atoms with Crippen molar-refractivity contribution in [2.45, 2.75) is 19.4 Å². The van der Waals surface area contributed by atoms with E-state index < -0.39 is 0 Å². The van der Waals surface area contributed by atoms with Gasteiger partial charge in [-0.05, 0) is 43.0 Å². The smallest absolute Gasteiger partial charge is 0.225 e. The van der Waals surface area contributed by atoms with Gasteiger partial charge in [0.25, 0.3) is 0 Å². The van der Waals surface area contributed by atoms with Crippen LogP contribution in [0.5, 0.6) is 0 Å². The summed E-state index contributed by atoms with van der Waals surface area (Å²) in [5, 5.41) is 8.17. The van der Waals surface area contributed by atoms with Crippen LogP contribution in [0.25, 0.3) is 10.9 Å². The Morgan fingerprint density at radius 2 is 1.61 bits per heavy atom. The number of halogens is 1. The first-order chi connectivity index (χ1) is 15.8. The van der Waals surface area contributed by atoms with Gasteiger partial charge in [-0.3, -0.25) is 9.89 Å². The summed E-state index contributed by atoms with van der Waals surface area (Å²) in [7, 11) is 1.83. The van der Waals surface area contributed by atoms with Crippen LogP contribution in [0.2, 0.25) is 0 Å². The van der Waals surface area contributed by atoms with Crippen LogP contribution >= 0.6 is 24.0 Å². The maximum Gasteiger partial charge on any atom is 0.225 e. The Kier molecular flexibility index (Phi) is 10.2. The number of aryl methyl sites for hydroxylation is 1. The highest BCUT2D eigenvalue weighted by atomic mass is 127. The normalized spacial score (nSPS) is 14.8. The van der Waals surface area contributed by atoms with E-state index in [0.717, 1.165) is 77.1 Å². The summed E-state index contributed by atoms with van der Waals surface area (Å²) in [6, 6.07) is 12.6. The van der Waals surface area contributed by atoms with Gasteiger partial charge in [0, 0.05) is 77.0 Å². The second-order valence-electron chi connectivity index (χ2n) is 8.08. The van der Waals surface area contributed by atoms with Crippen molar-refractivity contribution in [3.63, 3.8) is 0 Å². The molecule has 4 rings (SSSR count). The number of hydrogen-bond acceptors (Lipinski definition) is 5. The van der Waals surface area contributed by atoms with Gasteiger partial charge in [-0.25, -0.2) is 9.97 Å². The molecule has 0 unspecified atom stereocenters. The number of aromatic nitrogens is 3. The average Bonchev–Trinajstić information content (AvgIpc) is 3.27. The molecule has 8 nitrogen and oxygen atoms in total. The second kappa shape index (κ2) is 13.3. The Bertz CT molecular complexity index is 982. The second-order valence-corrected chi connectivity index (χ2v) is 8.08. The summed E-state index contributed by atoms with van der Waals surface area (Å²) in [4.78, 5) is 17.8. The molecule has 3 heterocycles. The van der Waals surface area contributed by atoms with Crippen LogP contribution in [0.15, 0.2) is 60.0 Å². The highest BCUT2D eigenvalue weighted by molar-refractivity contribution is 14.0. The van der Waals surface area contributed by atoms with E-state index in [-0.39, 0.29) is 24.0 Å². The van der Waals surface area contributed by atoms with Crippen molar-refractivity contribution in [1.82, 2.24) is 30.1 Å². The number of benzene rings is 1. The summed E-state index contributed by atoms with van der Waals surface area (Å²) in [5.74, 6) is 1.72. The van der Waals surface area contributed by atoms with E-state index >= 15 is 0 Å². The topological polar surface area (TPSA) is 73.6 Å². The largest absolute Gasteiger partial charge is 0.356 e. The molecule has 1 aliphatic heterocycles. The third kappa shape index (κ3) is 7.29. The molecule has 0 radical (unpaired) electrons. The summed E-state index contributed by atoms with van der Waals surface area (Å²) in [5.41, 5.74) is 1.30. The van der Waals surface area contributed by atoms with E-state index in [1.807, 2.05) is 25.5 Å². The van der Waals surface area contributed by atoms with E-state index in [9.17, 15) is 0 Å². The molecule has 0 spiro atoms. The molecule has 0 saturated carbocycles. The lowest BCUT2D eigenvalue weighted by molar-refractivity contribution is 0.254. The summed E-state index contributed by atoms with van der Waals surface area (Å²) >= 11 is 0. The first kappa shape index (κ1) is 25.2. The van der Waals surface area contributed by atoms with Crippen molar-refractivity contribution in [2.24, 2.45) is 4.99 Å². The third-order valence-corrected chi connectivity index (χ3v) is 5.92. The number of hydrogen-bond donors (Lipinski definition) is 2. The van der Waals surface area contributed by atoms with Crippen LogP contribution in [-0.2, 0) is 6.54 Å². The fraction of sp³-hybridized carbons (Fsp3) is 0.458. The predicted octanol–water partition coefficient (Wildman–Crippen LogP) is 2.82. The fourth-order valence-corrected chi connectivity index (χ4v) is 4.15. The first-order valence-electron chi connectivity index (χ1n) is 11.6. The Morgan fingerprint density at radius 1 is 0.909 bits per heavy atom. The molecular weight excluding hydrogens is 527 g/mol. The number of nitrogens with zero attached hydrogens (tertiary/aromatic N) is 6. The number of rotatable bonds is 9. The minimum atomic E-state index is 0. The van der Waals surface area contributed by atoms with Gasteiger partial charge in [0.05, 0.1) is 0 Å². The van der Waals surface area contributed by atoms with Crippen LogP contribution in [-0.4, -0.2) is 78.3 Å². The minimum absolute atomic E-state index is 0. The zero-order valence-corrected chi connectivity index (χ0v) is 21.7. The number of nitrogens with one attached hydrogen (secondary N) is 2. The van der Waals surface area contributed by atoms with Gasteiger partial charge in [-0.2, -0.15) is 0 Å². The lowest BCUT2D eigenvalue weighted by atomic mass is 10.2. The van der Waals surface area contributed by atoms with Crippen molar-refractivity contribution in [1.29, 1.82) is 0 Å². The van der Waals surface area contributed by atoms with Crippen molar-refractivity contribution in [2.75, 3.05) is 57.8 Å². The maximum atomic E-state index is 4.35. The molecule has 0 aliphatic carbocycles. The summed E-state index contributed by atoms with van der Waals surface area (Å²) < 4.78 is 2.32. The van der Waals surface area contributed by atoms with Crippen LogP contribution in [0.1, 0.15) is 12.8 Å². The molecule has 9 heteroatoms.